The summed E-state index contributed by atoms with van der Waals surface area (Å²) >= 11 is 0. The summed E-state index contributed by atoms with van der Waals surface area (Å²) in [5.41, 5.74) is 3.25. The van der Waals surface area contributed by atoms with Crippen molar-refractivity contribution in [1.29, 1.82) is 0 Å². The number of para-hydroxylation sites is 1. The Morgan fingerprint density at radius 3 is 2.41 bits per heavy atom. The standard InChI is InChI=1S/C19H28N2O/c1-13-15(14-9-7-8-10-16(14)20-13)11-17(22)21-19(5,6)12-18(2,3)4/h7-10,20H,11-12H2,1-6H3,(H,21,22). The molecular weight excluding hydrogens is 272 g/mol. The minimum atomic E-state index is -0.199. The highest BCUT2D eigenvalue weighted by molar-refractivity contribution is 5.90. The van der Waals surface area contributed by atoms with E-state index in [0.717, 1.165) is 28.6 Å². The average Bonchev–Trinajstić information content (AvgIpc) is 2.62. The first-order valence-corrected chi connectivity index (χ1v) is 7.95. The van der Waals surface area contributed by atoms with Gasteiger partial charge in [0.05, 0.1) is 6.42 Å². The molecule has 0 aliphatic carbocycles. The van der Waals surface area contributed by atoms with E-state index >= 15 is 0 Å². The van der Waals surface area contributed by atoms with Gasteiger partial charge in [-0.1, -0.05) is 39.0 Å². The largest absolute Gasteiger partial charge is 0.358 e. The van der Waals surface area contributed by atoms with E-state index in [1.165, 1.54) is 0 Å². The number of hydrogen-bond donors (Lipinski definition) is 2. The van der Waals surface area contributed by atoms with Gasteiger partial charge < -0.3 is 10.3 Å². The topological polar surface area (TPSA) is 44.9 Å². The normalized spacial score (nSPS) is 12.6. The van der Waals surface area contributed by atoms with Crippen LogP contribution in [0.4, 0.5) is 0 Å². The van der Waals surface area contributed by atoms with Crippen LogP contribution in [-0.4, -0.2) is 16.4 Å². The number of hydrogen-bond acceptors (Lipinski definition) is 1. The van der Waals surface area contributed by atoms with Gasteiger partial charge in [-0.05, 0) is 44.2 Å². The van der Waals surface area contributed by atoms with Crippen molar-refractivity contribution in [2.75, 3.05) is 0 Å². The van der Waals surface area contributed by atoms with Gasteiger partial charge >= 0.3 is 0 Å². The van der Waals surface area contributed by atoms with Gasteiger partial charge in [0.15, 0.2) is 0 Å². The Morgan fingerprint density at radius 2 is 1.77 bits per heavy atom. The monoisotopic (exact) mass is 300 g/mol. The van der Waals surface area contributed by atoms with Crippen molar-refractivity contribution in [3.05, 3.63) is 35.5 Å². The molecule has 0 saturated heterocycles. The maximum Gasteiger partial charge on any atom is 0.224 e. The Bertz CT molecular complexity index is 674. The van der Waals surface area contributed by atoms with Gasteiger partial charge in [-0.25, -0.2) is 0 Å². The Labute approximate surface area is 133 Å². The minimum absolute atomic E-state index is 0.0853. The first-order chi connectivity index (χ1) is 10.1. The summed E-state index contributed by atoms with van der Waals surface area (Å²) in [5.74, 6) is 0.0853. The molecule has 0 unspecified atom stereocenters. The van der Waals surface area contributed by atoms with Crippen LogP contribution in [0.2, 0.25) is 0 Å². The number of aromatic nitrogens is 1. The molecule has 1 heterocycles. The zero-order valence-electron chi connectivity index (χ0n) is 14.6. The van der Waals surface area contributed by atoms with E-state index in [9.17, 15) is 4.79 Å². The molecule has 0 fully saturated rings. The lowest BCUT2D eigenvalue weighted by atomic mass is 9.81. The molecule has 22 heavy (non-hydrogen) atoms. The summed E-state index contributed by atoms with van der Waals surface area (Å²) in [5, 5.41) is 4.33. The van der Waals surface area contributed by atoms with Crippen LogP contribution in [0.1, 0.15) is 52.3 Å². The van der Waals surface area contributed by atoms with Crippen LogP contribution in [0.3, 0.4) is 0 Å². The van der Waals surface area contributed by atoms with E-state index in [-0.39, 0.29) is 16.9 Å². The Hall–Kier alpha value is -1.77. The molecule has 3 nitrogen and oxygen atoms in total. The summed E-state index contributed by atoms with van der Waals surface area (Å²) in [6.45, 7) is 12.8. The molecule has 0 aliphatic rings. The molecule has 3 heteroatoms. The maximum absolute atomic E-state index is 12.5. The van der Waals surface area contributed by atoms with E-state index in [4.69, 9.17) is 0 Å². The predicted octanol–water partition coefficient (Wildman–Crippen LogP) is 4.35. The summed E-state index contributed by atoms with van der Waals surface area (Å²) < 4.78 is 0. The molecule has 120 valence electrons. The fourth-order valence-electron chi connectivity index (χ4n) is 3.51. The highest BCUT2D eigenvalue weighted by Gasteiger charge is 2.27. The fraction of sp³-hybridized carbons (Fsp3) is 0.526. The van der Waals surface area contributed by atoms with Gasteiger partial charge in [0, 0.05) is 22.1 Å². The third kappa shape index (κ3) is 4.12. The van der Waals surface area contributed by atoms with E-state index in [0.29, 0.717) is 6.42 Å². The molecule has 0 radical (unpaired) electrons. The molecule has 0 atom stereocenters. The average molecular weight is 300 g/mol. The van der Waals surface area contributed by atoms with Crippen LogP contribution in [0.5, 0.6) is 0 Å². The highest BCUT2D eigenvalue weighted by Crippen LogP contribution is 2.27. The van der Waals surface area contributed by atoms with Crippen LogP contribution in [0.15, 0.2) is 24.3 Å². The molecule has 0 spiro atoms. The zero-order chi connectivity index (χ0) is 16.5. The second-order valence-electron chi connectivity index (χ2n) is 8.12. The van der Waals surface area contributed by atoms with Gasteiger partial charge in [0.1, 0.15) is 0 Å². The van der Waals surface area contributed by atoms with Gasteiger partial charge in [0.25, 0.3) is 0 Å². The molecule has 1 amide bonds. The number of fused-ring (bicyclic) bond motifs is 1. The second kappa shape index (κ2) is 5.79. The summed E-state index contributed by atoms with van der Waals surface area (Å²) in [7, 11) is 0. The SMILES string of the molecule is Cc1[nH]c2ccccc2c1CC(=O)NC(C)(C)CC(C)(C)C. The minimum Gasteiger partial charge on any atom is -0.358 e. The van der Waals surface area contributed by atoms with Crippen molar-refractivity contribution < 1.29 is 4.79 Å². The van der Waals surface area contributed by atoms with Crippen LogP contribution in [0, 0.1) is 12.3 Å². The quantitative estimate of drug-likeness (QED) is 0.866. The van der Waals surface area contributed by atoms with E-state index < -0.39 is 0 Å². The summed E-state index contributed by atoms with van der Waals surface area (Å²) in [4.78, 5) is 15.8. The highest BCUT2D eigenvalue weighted by atomic mass is 16.1. The van der Waals surface area contributed by atoms with Crippen LogP contribution in [0.25, 0.3) is 10.9 Å². The molecule has 0 bridgehead atoms. The summed E-state index contributed by atoms with van der Waals surface area (Å²) in [6, 6.07) is 8.14. The third-order valence-electron chi connectivity index (χ3n) is 3.81. The number of aryl methyl sites for hydroxylation is 1. The van der Waals surface area contributed by atoms with Crippen LogP contribution < -0.4 is 5.32 Å². The first-order valence-electron chi connectivity index (χ1n) is 7.95. The lowest BCUT2D eigenvalue weighted by Crippen LogP contribution is -2.46. The lowest BCUT2D eigenvalue weighted by molar-refractivity contribution is -0.122. The van der Waals surface area contributed by atoms with Crippen LogP contribution in [-0.2, 0) is 11.2 Å². The van der Waals surface area contributed by atoms with E-state index in [1.54, 1.807) is 0 Å². The number of carbonyl (C=O) groups excluding carboxylic acids is 1. The Balaban J connectivity index is 2.13. The number of aromatic amines is 1. The van der Waals surface area contributed by atoms with Crippen molar-refractivity contribution in [3.63, 3.8) is 0 Å². The zero-order valence-corrected chi connectivity index (χ0v) is 14.6. The van der Waals surface area contributed by atoms with Crippen molar-refractivity contribution in [2.45, 2.75) is 59.9 Å². The van der Waals surface area contributed by atoms with Gasteiger partial charge in [-0.3, -0.25) is 4.79 Å². The van der Waals surface area contributed by atoms with Crippen LogP contribution >= 0.6 is 0 Å². The number of nitrogens with one attached hydrogen (secondary N) is 2. The van der Waals surface area contributed by atoms with Crippen molar-refractivity contribution in [1.82, 2.24) is 10.3 Å². The van der Waals surface area contributed by atoms with E-state index in [2.05, 4.69) is 51.0 Å². The van der Waals surface area contributed by atoms with E-state index in [1.807, 2.05) is 25.1 Å². The van der Waals surface area contributed by atoms with Gasteiger partial charge in [-0.15, -0.1) is 0 Å². The lowest BCUT2D eigenvalue weighted by Gasteiger charge is -2.33. The second-order valence-corrected chi connectivity index (χ2v) is 8.12. The fourth-order valence-corrected chi connectivity index (χ4v) is 3.51. The maximum atomic E-state index is 12.5. The molecular formula is C19H28N2O. The Morgan fingerprint density at radius 1 is 1.14 bits per heavy atom. The molecule has 1 aromatic heterocycles. The van der Waals surface area contributed by atoms with Crippen molar-refractivity contribution >= 4 is 16.8 Å². The number of H-pyrrole nitrogens is 1. The number of amides is 1. The molecule has 2 N–H and O–H groups in total. The summed E-state index contributed by atoms with van der Waals surface area (Å²) in [6.07, 6.45) is 1.36. The number of rotatable bonds is 4. The third-order valence-corrected chi connectivity index (χ3v) is 3.81. The predicted molar refractivity (Wildman–Crippen MR) is 93.0 cm³/mol. The van der Waals surface area contributed by atoms with Crippen molar-refractivity contribution in [3.8, 4) is 0 Å². The smallest absolute Gasteiger partial charge is 0.224 e. The molecule has 0 saturated carbocycles. The molecule has 2 aromatic rings. The number of carbonyl (C=O) groups is 1. The van der Waals surface area contributed by atoms with Gasteiger partial charge in [-0.2, -0.15) is 0 Å². The Kier molecular flexibility index (Phi) is 4.37. The van der Waals surface area contributed by atoms with Crippen molar-refractivity contribution in [2.24, 2.45) is 5.41 Å². The first kappa shape index (κ1) is 16.6. The number of benzene rings is 1. The molecule has 1 aromatic carbocycles. The molecule has 2 rings (SSSR count). The molecule has 0 aliphatic heterocycles. The van der Waals surface area contributed by atoms with Gasteiger partial charge in [0.2, 0.25) is 5.91 Å².